The van der Waals surface area contributed by atoms with Crippen molar-refractivity contribution >= 4 is 74.3 Å². The van der Waals surface area contributed by atoms with Gasteiger partial charge in [0.05, 0.1) is 11.4 Å². The third kappa shape index (κ3) is 7.88. The largest absolute Gasteiger partial charge is 0.311 e. The maximum absolute atomic E-state index is 2.66. The van der Waals surface area contributed by atoms with E-state index in [2.05, 4.69) is 301 Å². The van der Waals surface area contributed by atoms with E-state index in [1.807, 2.05) is 0 Å². The van der Waals surface area contributed by atoms with Crippen LogP contribution in [0.4, 0.5) is 51.2 Å². The van der Waals surface area contributed by atoms with Gasteiger partial charge in [-0.2, -0.15) is 0 Å². The van der Waals surface area contributed by atoms with Crippen LogP contribution in [-0.2, 0) is 16.2 Å². The van der Waals surface area contributed by atoms with Gasteiger partial charge < -0.3 is 14.7 Å². The van der Waals surface area contributed by atoms with Gasteiger partial charge in [0.15, 0.2) is 0 Å². The fourth-order valence-electron chi connectivity index (χ4n) is 13.2. The summed E-state index contributed by atoms with van der Waals surface area (Å²) in [5.41, 5.74) is 26.8. The Kier molecular flexibility index (Phi) is 11.2. The molecular formula is C72H64BN3. The molecule has 0 bridgehead atoms. The molecular weight excluding hydrogens is 918 g/mol. The zero-order valence-electron chi connectivity index (χ0n) is 45.1. The molecule has 10 aromatic carbocycles. The van der Waals surface area contributed by atoms with Gasteiger partial charge in [-0.15, -0.1) is 0 Å². The highest BCUT2D eigenvalue weighted by atomic mass is 15.2. The van der Waals surface area contributed by atoms with E-state index in [1.165, 1.54) is 100 Å². The SMILES string of the molecule is Cc1ccc(-c2ccccc2)cc1N1c2cc3c(cc2B2c4ccc(-c5ccccc5)cc4N(c4ccc(C(C)(C)C)cc4-c4ccccc4)c4cc(N(c5ccccc5)c5ccccc5)cc1c42)C(C)(C)CC3(C)C. The van der Waals surface area contributed by atoms with Crippen molar-refractivity contribution < 1.29 is 0 Å². The van der Waals surface area contributed by atoms with Crippen LogP contribution in [0.25, 0.3) is 33.4 Å². The average molecular weight is 982 g/mol. The lowest BCUT2D eigenvalue weighted by Crippen LogP contribution is -2.61. The standard InChI is InChI=1S/C72H64BN3/c1-48-34-35-52(49-24-14-9-15-25-49)40-64(48)76-66-46-60-59(71(5,6)47-72(60,7)8)45-62(66)73-61-38-36-53(50-26-16-10-17-27-50)41-65(61)75(63-39-37-54(70(2,3)4)42-58(63)51-28-18-11-19-29-51)67-43-57(44-68(76)69(67)73)74(55-30-20-12-21-31-55)56-32-22-13-23-33-56/h9-46H,47H2,1-8H3. The predicted octanol–water partition coefficient (Wildman–Crippen LogP) is 17.8. The predicted molar refractivity (Wildman–Crippen MR) is 326 cm³/mol. The fourth-order valence-corrected chi connectivity index (χ4v) is 13.2. The lowest BCUT2D eigenvalue weighted by Gasteiger charge is -2.46. The highest BCUT2D eigenvalue weighted by Crippen LogP contribution is 2.55. The number of para-hydroxylation sites is 2. The lowest BCUT2D eigenvalue weighted by atomic mass is 9.33. The Morgan fingerprint density at radius 2 is 0.868 bits per heavy atom. The molecule has 0 aromatic heterocycles. The first-order valence-electron chi connectivity index (χ1n) is 27.2. The molecule has 0 atom stereocenters. The number of nitrogens with zero attached hydrogens (tertiary/aromatic N) is 3. The van der Waals surface area contributed by atoms with Gasteiger partial charge in [0, 0.05) is 45.4 Å². The van der Waals surface area contributed by atoms with Gasteiger partial charge >= 0.3 is 0 Å². The van der Waals surface area contributed by atoms with Crippen LogP contribution in [0.5, 0.6) is 0 Å². The Hall–Kier alpha value is -8.34. The molecule has 10 aromatic rings. The third-order valence-corrected chi connectivity index (χ3v) is 16.7. The molecule has 3 aliphatic rings. The van der Waals surface area contributed by atoms with Crippen LogP contribution in [0, 0.1) is 6.92 Å². The molecule has 0 radical (unpaired) electrons. The summed E-state index contributed by atoms with van der Waals surface area (Å²) in [6.45, 7) is 19.0. The fraction of sp³-hybridized carbons (Fsp3) is 0.167. The zero-order chi connectivity index (χ0) is 52.1. The van der Waals surface area contributed by atoms with Crippen LogP contribution in [0.3, 0.4) is 0 Å². The molecule has 4 heteroatoms. The number of anilines is 9. The van der Waals surface area contributed by atoms with Crippen molar-refractivity contribution in [2.45, 2.75) is 78.1 Å². The molecule has 0 unspecified atom stereocenters. The number of benzene rings is 10. The summed E-state index contributed by atoms with van der Waals surface area (Å²) in [6.07, 6.45) is 1.08. The van der Waals surface area contributed by atoms with Crippen LogP contribution in [-0.4, -0.2) is 6.71 Å². The number of aryl methyl sites for hydroxylation is 1. The average Bonchev–Trinajstić information content (AvgIpc) is 3.83. The first-order chi connectivity index (χ1) is 36.7. The van der Waals surface area contributed by atoms with E-state index >= 15 is 0 Å². The summed E-state index contributed by atoms with van der Waals surface area (Å²) in [7, 11) is 0. The maximum Gasteiger partial charge on any atom is 0.252 e. The van der Waals surface area contributed by atoms with Gasteiger partial charge in [-0.3, -0.25) is 0 Å². The summed E-state index contributed by atoms with van der Waals surface area (Å²) in [6, 6.07) is 86.6. The molecule has 3 nitrogen and oxygen atoms in total. The molecule has 0 saturated heterocycles. The Morgan fingerprint density at radius 1 is 0.395 bits per heavy atom. The van der Waals surface area contributed by atoms with Crippen LogP contribution in [0.15, 0.2) is 231 Å². The van der Waals surface area contributed by atoms with Gasteiger partial charge in [-0.05, 0) is 163 Å². The van der Waals surface area contributed by atoms with Gasteiger partial charge in [-0.1, -0.05) is 212 Å². The van der Waals surface area contributed by atoms with Gasteiger partial charge in [-0.25, -0.2) is 0 Å². The first-order valence-corrected chi connectivity index (χ1v) is 27.2. The van der Waals surface area contributed by atoms with E-state index in [4.69, 9.17) is 0 Å². The second-order valence-corrected chi connectivity index (χ2v) is 23.8. The van der Waals surface area contributed by atoms with E-state index in [0.29, 0.717) is 0 Å². The van der Waals surface area contributed by atoms with Gasteiger partial charge in [0.2, 0.25) is 0 Å². The van der Waals surface area contributed by atoms with E-state index in [9.17, 15) is 0 Å². The summed E-state index contributed by atoms with van der Waals surface area (Å²) in [4.78, 5) is 7.75. The van der Waals surface area contributed by atoms with E-state index < -0.39 is 0 Å². The highest BCUT2D eigenvalue weighted by molar-refractivity contribution is 7.00. The molecule has 0 saturated carbocycles. The maximum atomic E-state index is 2.66. The Morgan fingerprint density at radius 3 is 1.42 bits per heavy atom. The topological polar surface area (TPSA) is 9.72 Å². The third-order valence-electron chi connectivity index (χ3n) is 16.7. The molecule has 370 valence electrons. The van der Waals surface area contributed by atoms with Crippen LogP contribution in [0.1, 0.15) is 77.1 Å². The van der Waals surface area contributed by atoms with Crippen LogP contribution in [0.2, 0.25) is 0 Å². The van der Waals surface area contributed by atoms with E-state index in [0.717, 1.165) is 29.2 Å². The minimum Gasteiger partial charge on any atom is -0.311 e. The molecule has 13 rings (SSSR count). The van der Waals surface area contributed by atoms with Crippen LogP contribution < -0.4 is 31.1 Å². The van der Waals surface area contributed by atoms with Crippen molar-refractivity contribution in [2.75, 3.05) is 14.7 Å². The lowest BCUT2D eigenvalue weighted by molar-refractivity contribution is 0.403. The van der Waals surface area contributed by atoms with Crippen molar-refractivity contribution in [2.24, 2.45) is 0 Å². The summed E-state index contributed by atoms with van der Waals surface area (Å²) >= 11 is 0. The van der Waals surface area contributed by atoms with Gasteiger partial charge in [0.25, 0.3) is 6.71 Å². The summed E-state index contributed by atoms with van der Waals surface area (Å²) < 4.78 is 0. The highest BCUT2D eigenvalue weighted by Gasteiger charge is 2.49. The van der Waals surface area contributed by atoms with Gasteiger partial charge in [0.1, 0.15) is 0 Å². The number of rotatable bonds is 8. The molecule has 0 spiro atoms. The van der Waals surface area contributed by atoms with Crippen molar-refractivity contribution in [1.29, 1.82) is 0 Å². The van der Waals surface area contributed by atoms with Crippen LogP contribution >= 0.6 is 0 Å². The first kappa shape index (κ1) is 47.4. The zero-order valence-corrected chi connectivity index (χ0v) is 45.1. The molecule has 1 aliphatic carbocycles. The molecule has 76 heavy (non-hydrogen) atoms. The quantitative estimate of drug-likeness (QED) is 0.141. The van der Waals surface area contributed by atoms with E-state index in [1.54, 1.807) is 0 Å². The molecule has 0 fully saturated rings. The number of fused-ring (bicyclic) bond motifs is 5. The van der Waals surface area contributed by atoms with Crippen molar-refractivity contribution in [3.8, 4) is 33.4 Å². The normalized spacial score (nSPS) is 14.7. The Balaban J connectivity index is 1.21. The number of hydrogen-bond acceptors (Lipinski definition) is 3. The molecule has 0 amide bonds. The summed E-state index contributed by atoms with van der Waals surface area (Å²) in [5.74, 6) is 0. The molecule has 2 aliphatic heterocycles. The van der Waals surface area contributed by atoms with Crippen molar-refractivity contribution in [3.63, 3.8) is 0 Å². The number of hydrogen-bond donors (Lipinski definition) is 0. The molecule has 2 heterocycles. The van der Waals surface area contributed by atoms with Crippen molar-refractivity contribution in [3.05, 3.63) is 253 Å². The Bertz CT molecular complexity index is 3800. The monoisotopic (exact) mass is 982 g/mol. The Labute approximate surface area is 450 Å². The van der Waals surface area contributed by atoms with Crippen molar-refractivity contribution in [1.82, 2.24) is 0 Å². The smallest absolute Gasteiger partial charge is 0.252 e. The minimum atomic E-state index is -0.0836. The second-order valence-electron chi connectivity index (χ2n) is 23.8. The summed E-state index contributed by atoms with van der Waals surface area (Å²) in [5, 5.41) is 0. The molecule has 0 N–H and O–H groups in total. The second kappa shape index (κ2) is 17.9. The minimum absolute atomic E-state index is 0.0131. The van der Waals surface area contributed by atoms with E-state index in [-0.39, 0.29) is 23.0 Å².